The van der Waals surface area contributed by atoms with Crippen LogP contribution in [-0.2, 0) is 0 Å². The van der Waals surface area contributed by atoms with Gasteiger partial charge in [0, 0.05) is 10.9 Å². The Morgan fingerprint density at radius 2 is 2.11 bits per heavy atom. The predicted octanol–water partition coefficient (Wildman–Crippen LogP) is 4.95. The van der Waals surface area contributed by atoms with E-state index in [0.29, 0.717) is 0 Å². The molecule has 19 heavy (non-hydrogen) atoms. The Balaban J connectivity index is 2.69. The number of hydrogen-bond donors (Lipinski definition) is 1. The summed E-state index contributed by atoms with van der Waals surface area (Å²) in [6.07, 6.45) is 0. The number of nitrogens with one attached hydrogen (secondary N) is 1. The minimum Gasteiger partial charge on any atom is -0.496 e. The standard InChI is InChI=1S/C14H17Br2NO2/c1-5-17-8(3)13-7(2)11-12(16)10(18-4)6-9(15)14(11)19-13/h6,8,17H,5H2,1-4H3. The lowest BCUT2D eigenvalue weighted by Crippen LogP contribution is -2.17. The van der Waals surface area contributed by atoms with Gasteiger partial charge in [-0.1, -0.05) is 6.92 Å². The molecule has 5 heteroatoms. The maximum atomic E-state index is 6.03. The van der Waals surface area contributed by atoms with Crippen LogP contribution in [0.15, 0.2) is 19.4 Å². The molecule has 1 aromatic carbocycles. The van der Waals surface area contributed by atoms with Gasteiger partial charge in [0.25, 0.3) is 0 Å². The molecule has 0 radical (unpaired) electrons. The van der Waals surface area contributed by atoms with E-state index in [1.807, 2.05) is 6.07 Å². The molecule has 0 aliphatic rings. The van der Waals surface area contributed by atoms with Gasteiger partial charge in [-0.05, 0) is 58.3 Å². The van der Waals surface area contributed by atoms with Gasteiger partial charge in [-0.25, -0.2) is 0 Å². The normalized spacial score (nSPS) is 12.9. The van der Waals surface area contributed by atoms with E-state index in [2.05, 4.69) is 57.9 Å². The molecule has 1 unspecified atom stereocenters. The fraction of sp³-hybridized carbons (Fsp3) is 0.429. The summed E-state index contributed by atoms with van der Waals surface area (Å²) in [5, 5.41) is 4.44. The van der Waals surface area contributed by atoms with Crippen molar-refractivity contribution in [3.63, 3.8) is 0 Å². The van der Waals surface area contributed by atoms with E-state index in [-0.39, 0.29) is 6.04 Å². The van der Waals surface area contributed by atoms with Crippen molar-refractivity contribution in [2.75, 3.05) is 13.7 Å². The topological polar surface area (TPSA) is 34.4 Å². The van der Waals surface area contributed by atoms with Gasteiger partial charge in [-0.15, -0.1) is 0 Å². The highest BCUT2D eigenvalue weighted by Gasteiger charge is 2.21. The Labute approximate surface area is 129 Å². The molecule has 0 saturated heterocycles. The van der Waals surface area contributed by atoms with E-state index < -0.39 is 0 Å². The third kappa shape index (κ3) is 2.56. The van der Waals surface area contributed by atoms with Gasteiger partial charge in [-0.3, -0.25) is 0 Å². The fourth-order valence-electron chi connectivity index (χ4n) is 2.29. The Kier molecular flexibility index (Phi) is 4.58. The second-order valence-corrected chi connectivity index (χ2v) is 6.10. The summed E-state index contributed by atoms with van der Waals surface area (Å²) in [7, 11) is 1.66. The summed E-state index contributed by atoms with van der Waals surface area (Å²) >= 11 is 7.15. The Morgan fingerprint density at radius 1 is 1.42 bits per heavy atom. The van der Waals surface area contributed by atoms with Crippen molar-refractivity contribution in [1.29, 1.82) is 0 Å². The third-order valence-electron chi connectivity index (χ3n) is 3.22. The number of halogens is 2. The average Bonchev–Trinajstić information content (AvgIpc) is 2.73. The molecule has 1 aromatic heterocycles. The molecular formula is C14H17Br2NO2. The molecule has 2 rings (SSSR count). The second-order valence-electron chi connectivity index (χ2n) is 4.45. The van der Waals surface area contributed by atoms with Crippen LogP contribution in [0.5, 0.6) is 5.75 Å². The highest BCUT2D eigenvalue weighted by molar-refractivity contribution is 9.11. The summed E-state index contributed by atoms with van der Waals surface area (Å²) in [5.41, 5.74) is 1.99. The summed E-state index contributed by atoms with van der Waals surface area (Å²) < 4.78 is 13.2. The molecule has 0 amide bonds. The number of benzene rings is 1. The van der Waals surface area contributed by atoms with Gasteiger partial charge < -0.3 is 14.5 Å². The molecule has 0 bridgehead atoms. The lowest BCUT2D eigenvalue weighted by Gasteiger charge is -2.09. The van der Waals surface area contributed by atoms with E-state index >= 15 is 0 Å². The molecule has 104 valence electrons. The maximum absolute atomic E-state index is 6.03. The monoisotopic (exact) mass is 389 g/mol. The summed E-state index contributed by atoms with van der Waals surface area (Å²) in [5.74, 6) is 1.76. The van der Waals surface area contributed by atoms with Crippen LogP contribution in [0.4, 0.5) is 0 Å². The number of aryl methyl sites for hydroxylation is 1. The van der Waals surface area contributed by atoms with Crippen molar-refractivity contribution < 1.29 is 9.15 Å². The van der Waals surface area contributed by atoms with Crippen LogP contribution >= 0.6 is 31.9 Å². The van der Waals surface area contributed by atoms with Crippen molar-refractivity contribution in [2.24, 2.45) is 0 Å². The molecule has 1 N–H and O–H groups in total. The first-order valence-electron chi connectivity index (χ1n) is 6.19. The van der Waals surface area contributed by atoms with Crippen LogP contribution in [0.25, 0.3) is 11.0 Å². The van der Waals surface area contributed by atoms with Crippen molar-refractivity contribution in [1.82, 2.24) is 5.32 Å². The predicted molar refractivity (Wildman–Crippen MR) is 85.0 cm³/mol. The Hall–Kier alpha value is -0.520. The molecule has 0 aliphatic heterocycles. The van der Waals surface area contributed by atoms with Crippen LogP contribution in [0, 0.1) is 6.92 Å². The molecule has 0 fully saturated rings. The van der Waals surface area contributed by atoms with Gasteiger partial charge in [0.05, 0.1) is 22.1 Å². The minimum atomic E-state index is 0.183. The Morgan fingerprint density at radius 3 is 2.68 bits per heavy atom. The number of methoxy groups -OCH3 is 1. The van der Waals surface area contributed by atoms with Crippen LogP contribution in [-0.4, -0.2) is 13.7 Å². The van der Waals surface area contributed by atoms with Gasteiger partial charge in [0.15, 0.2) is 0 Å². The van der Waals surface area contributed by atoms with Gasteiger partial charge in [0.1, 0.15) is 17.1 Å². The largest absolute Gasteiger partial charge is 0.496 e. The van der Waals surface area contributed by atoms with Gasteiger partial charge >= 0.3 is 0 Å². The number of ether oxygens (including phenoxy) is 1. The van der Waals surface area contributed by atoms with Crippen LogP contribution in [0.3, 0.4) is 0 Å². The van der Waals surface area contributed by atoms with E-state index in [4.69, 9.17) is 9.15 Å². The first kappa shape index (κ1) is 14.9. The molecule has 1 heterocycles. The van der Waals surface area contributed by atoms with Crippen LogP contribution < -0.4 is 10.1 Å². The zero-order valence-corrected chi connectivity index (χ0v) is 14.6. The second kappa shape index (κ2) is 5.85. The summed E-state index contributed by atoms with van der Waals surface area (Å²) in [4.78, 5) is 0. The molecule has 0 aliphatic carbocycles. The molecule has 0 saturated carbocycles. The maximum Gasteiger partial charge on any atom is 0.150 e. The van der Waals surface area contributed by atoms with Crippen LogP contribution in [0.2, 0.25) is 0 Å². The van der Waals surface area contributed by atoms with E-state index in [1.165, 1.54) is 0 Å². The van der Waals surface area contributed by atoms with Crippen molar-refractivity contribution in [3.05, 3.63) is 26.3 Å². The van der Waals surface area contributed by atoms with E-state index in [0.717, 1.165) is 43.5 Å². The fourth-order valence-corrected chi connectivity index (χ4v) is 3.53. The van der Waals surface area contributed by atoms with Crippen molar-refractivity contribution in [3.8, 4) is 5.75 Å². The lowest BCUT2D eigenvalue weighted by atomic mass is 10.1. The molecule has 3 nitrogen and oxygen atoms in total. The van der Waals surface area contributed by atoms with Crippen molar-refractivity contribution in [2.45, 2.75) is 26.8 Å². The highest BCUT2D eigenvalue weighted by Crippen LogP contribution is 2.43. The highest BCUT2D eigenvalue weighted by atomic mass is 79.9. The minimum absolute atomic E-state index is 0.183. The van der Waals surface area contributed by atoms with Gasteiger partial charge in [-0.2, -0.15) is 0 Å². The smallest absolute Gasteiger partial charge is 0.150 e. The zero-order chi connectivity index (χ0) is 14.2. The SMILES string of the molecule is CCNC(C)c1oc2c(Br)cc(OC)c(Br)c2c1C. The molecule has 1 atom stereocenters. The van der Waals surface area contributed by atoms with Gasteiger partial charge in [0.2, 0.25) is 0 Å². The number of furan rings is 1. The molecule has 2 aromatic rings. The molecular weight excluding hydrogens is 374 g/mol. The van der Waals surface area contributed by atoms with E-state index in [1.54, 1.807) is 7.11 Å². The zero-order valence-electron chi connectivity index (χ0n) is 11.4. The third-order valence-corrected chi connectivity index (χ3v) is 4.59. The summed E-state index contributed by atoms with van der Waals surface area (Å²) in [6, 6.07) is 2.10. The number of hydrogen-bond acceptors (Lipinski definition) is 3. The van der Waals surface area contributed by atoms with Crippen LogP contribution in [0.1, 0.15) is 31.2 Å². The number of fused-ring (bicyclic) bond motifs is 1. The quantitative estimate of drug-likeness (QED) is 0.802. The Bertz CT molecular complexity index is 607. The molecule has 0 spiro atoms. The first-order valence-corrected chi connectivity index (χ1v) is 7.78. The lowest BCUT2D eigenvalue weighted by molar-refractivity contribution is 0.412. The van der Waals surface area contributed by atoms with Crippen molar-refractivity contribution >= 4 is 42.8 Å². The number of rotatable bonds is 4. The average molecular weight is 391 g/mol. The first-order chi connectivity index (χ1) is 9.01. The summed E-state index contributed by atoms with van der Waals surface area (Å²) in [6.45, 7) is 7.17. The van der Waals surface area contributed by atoms with E-state index in [9.17, 15) is 0 Å².